The first kappa shape index (κ1) is 21.0. The van der Waals surface area contributed by atoms with E-state index in [1.807, 2.05) is 18.2 Å². The molecule has 166 valence electrons. The molecule has 8 heteroatoms. The number of rotatable bonds is 6. The zero-order valence-electron chi connectivity index (χ0n) is 17.9. The lowest BCUT2D eigenvalue weighted by molar-refractivity contribution is 0.102. The number of hydrogen-bond donors (Lipinski definition) is 3. The van der Waals surface area contributed by atoms with E-state index >= 15 is 0 Å². The van der Waals surface area contributed by atoms with Gasteiger partial charge in [-0.25, -0.2) is 14.4 Å². The van der Waals surface area contributed by atoms with Crippen molar-refractivity contribution in [2.75, 3.05) is 16.0 Å². The van der Waals surface area contributed by atoms with E-state index in [0.717, 1.165) is 5.69 Å². The minimum Gasteiger partial charge on any atom is -0.355 e. The normalized spacial score (nSPS) is 10.6. The summed E-state index contributed by atoms with van der Waals surface area (Å²) < 4.78 is 13.7. The molecule has 0 atom stereocenters. The molecule has 34 heavy (non-hydrogen) atoms. The van der Waals surface area contributed by atoms with Crippen LogP contribution in [0.3, 0.4) is 0 Å². The van der Waals surface area contributed by atoms with Gasteiger partial charge in [-0.1, -0.05) is 6.07 Å². The lowest BCUT2D eigenvalue weighted by Gasteiger charge is -2.11. The van der Waals surface area contributed by atoms with Gasteiger partial charge in [0.05, 0.1) is 5.52 Å². The summed E-state index contributed by atoms with van der Waals surface area (Å²) in [5.74, 6) is 0.0987. The van der Waals surface area contributed by atoms with Crippen molar-refractivity contribution in [1.29, 1.82) is 0 Å². The Morgan fingerprint density at radius 3 is 2.44 bits per heavy atom. The maximum atomic E-state index is 13.7. The third-order valence-electron chi connectivity index (χ3n) is 5.10. The predicted octanol–water partition coefficient (Wildman–Crippen LogP) is 5.90. The highest BCUT2D eigenvalue weighted by molar-refractivity contribution is 6.05. The molecule has 0 aliphatic carbocycles. The van der Waals surface area contributed by atoms with Crippen LogP contribution in [-0.4, -0.2) is 20.9 Å². The monoisotopic (exact) mass is 450 g/mol. The number of benzene rings is 3. The molecule has 3 aromatic carbocycles. The average Bonchev–Trinajstić information content (AvgIpc) is 2.86. The Hall–Kier alpha value is -4.85. The highest BCUT2D eigenvalue weighted by Gasteiger charge is 2.09. The van der Waals surface area contributed by atoms with Gasteiger partial charge < -0.3 is 16.0 Å². The smallest absolute Gasteiger partial charge is 0.255 e. The Kier molecular flexibility index (Phi) is 5.77. The van der Waals surface area contributed by atoms with Crippen molar-refractivity contribution in [3.8, 4) is 0 Å². The first-order chi connectivity index (χ1) is 16.6. The predicted molar refractivity (Wildman–Crippen MR) is 131 cm³/mol. The summed E-state index contributed by atoms with van der Waals surface area (Å²) in [6.07, 6.45) is 4.78. The molecule has 2 heterocycles. The molecule has 5 rings (SSSR count). The van der Waals surface area contributed by atoms with Crippen LogP contribution >= 0.6 is 0 Å². The highest BCUT2D eigenvalue weighted by atomic mass is 19.1. The minimum atomic E-state index is -0.338. The van der Waals surface area contributed by atoms with Crippen molar-refractivity contribution in [3.05, 3.63) is 109 Å². The Bertz CT molecular complexity index is 1460. The maximum absolute atomic E-state index is 13.7. The van der Waals surface area contributed by atoms with Gasteiger partial charge in [0.25, 0.3) is 5.91 Å². The molecule has 0 aliphatic rings. The van der Waals surface area contributed by atoms with Crippen LogP contribution in [0.15, 0.2) is 97.6 Å². The number of fused-ring (bicyclic) bond motifs is 1. The molecule has 5 aromatic rings. The van der Waals surface area contributed by atoms with Gasteiger partial charge in [0.15, 0.2) is 0 Å². The van der Waals surface area contributed by atoms with E-state index < -0.39 is 0 Å². The first-order valence-corrected chi connectivity index (χ1v) is 10.5. The van der Waals surface area contributed by atoms with E-state index in [0.29, 0.717) is 39.3 Å². The van der Waals surface area contributed by atoms with Crippen molar-refractivity contribution < 1.29 is 9.18 Å². The number of nitrogens with zero attached hydrogens (tertiary/aromatic N) is 3. The molecule has 0 unspecified atom stereocenters. The summed E-state index contributed by atoms with van der Waals surface area (Å²) in [6.45, 7) is 0. The van der Waals surface area contributed by atoms with Gasteiger partial charge in [-0.2, -0.15) is 0 Å². The molecule has 1 amide bonds. The standard InChI is InChI=1S/C26H19FN6O/c27-18-4-9-23-22(15-18)24(10-13-29-23)31-21-3-1-2-17(14-21)26(34)33-20-7-5-19(6-8-20)32-25-11-12-28-16-30-25/h1-16H,(H,29,31)(H,33,34)(H,28,30,32). The van der Waals surface area contributed by atoms with Crippen LogP contribution in [0.25, 0.3) is 10.9 Å². The van der Waals surface area contributed by atoms with E-state index in [2.05, 4.69) is 30.9 Å². The van der Waals surface area contributed by atoms with Gasteiger partial charge in [-0.3, -0.25) is 9.78 Å². The third-order valence-corrected chi connectivity index (χ3v) is 5.10. The third kappa shape index (κ3) is 4.81. The Morgan fingerprint density at radius 1 is 0.765 bits per heavy atom. The quantitative estimate of drug-likeness (QED) is 0.298. The van der Waals surface area contributed by atoms with Gasteiger partial charge in [0.2, 0.25) is 0 Å². The number of aromatic nitrogens is 3. The zero-order valence-corrected chi connectivity index (χ0v) is 17.9. The number of halogens is 1. The Labute approximate surface area is 194 Å². The van der Waals surface area contributed by atoms with E-state index in [1.54, 1.807) is 60.9 Å². The highest BCUT2D eigenvalue weighted by Crippen LogP contribution is 2.26. The van der Waals surface area contributed by atoms with Crippen LogP contribution in [-0.2, 0) is 0 Å². The zero-order chi connectivity index (χ0) is 23.3. The summed E-state index contributed by atoms with van der Waals surface area (Å²) in [7, 11) is 0. The summed E-state index contributed by atoms with van der Waals surface area (Å²) in [6, 6.07) is 22.4. The van der Waals surface area contributed by atoms with Crippen LogP contribution in [0.5, 0.6) is 0 Å². The summed E-state index contributed by atoms with van der Waals surface area (Å²) >= 11 is 0. The molecular formula is C26H19FN6O. The maximum Gasteiger partial charge on any atom is 0.255 e. The number of amides is 1. The number of anilines is 5. The Morgan fingerprint density at radius 2 is 1.62 bits per heavy atom. The summed E-state index contributed by atoms with van der Waals surface area (Å²) in [4.78, 5) is 25.1. The van der Waals surface area contributed by atoms with Crippen molar-refractivity contribution in [1.82, 2.24) is 15.0 Å². The molecule has 0 saturated heterocycles. The number of carbonyl (C=O) groups is 1. The van der Waals surface area contributed by atoms with Gasteiger partial charge in [0, 0.05) is 46.1 Å². The molecule has 7 nitrogen and oxygen atoms in total. The van der Waals surface area contributed by atoms with Gasteiger partial charge >= 0.3 is 0 Å². The van der Waals surface area contributed by atoms with E-state index in [4.69, 9.17) is 0 Å². The van der Waals surface area contributed by atoms with Crippen molar-refractivity contribution in [2.45, 2.75) is 0 Å². The molecular weight excluding hydrogens is 431 g/mol. The van der Waals surface area contributed by atoms with Gasteiger partial charge in [-0.15, -0.1) is 0 Å². The van der Waals surface area contributed by atoms with E-state index in [9.17, 15) is 9.18 Å². The molecule has 0 spiro atoms. The van der Waals surface area contributed by atoms with Crippen LogP contribution in [0, 0.1) is 5.82 Å². The molecule has 0 bridgehead atoms. The molecule has 0 fully saturated rings. The minimum absolute atomic E-state index is 0.245. The summed E-state index contributed by atoms with van der Waals surface area (Å²) in [5.41, 5.74) is 4.06. The fourth-order valence-corrected chi connectivity index (χ4v) is 3.47. The van der Waals surface area contributed by atoms with Gasteiger partial charge in [-0.05, 0) is 72.8 Å². The fourth-order valence-electron chi connectivity index (χ4n) is 3.47. The van der Waals surface area contributed by atoms with Gasteiger partial charge in [0.1, 0.15) is 18.0 Å². The van der Waals surface area contributed by atoms with Crippen LogP contribution in [0.2, 0.25) is 0 Å². The Balaban J connectivity index is 1.29. The number of nitrogens with one attached hydrogen (secondary N) is 3. The molecule has 2 aromatic heterocycles. The fraction of sp³-hybridized carbons (Fsp3) is 0. The second-order valence-corrected chi connectivity index (χ2v) is 7.48. The second kappa shape index (κ2) is 9.33. The molecule has 3 N–H and O–H groups in total. The first-order valence-electron chi connectivity index (χ1n) is 10.5. The second-order valence-electron chi connectivity index (χ2n) is 7.48. The van der Waals surface area contributed by atoms with Crippen LogP contribution in [0.1, 0.15) is 10.4 Å². The van der Waals surface area contributed by atoms with E-state index in [-0.39, 0.29) is 11.7 Å². The lowest BCUT2D eigenvalue weighted by atomic mass is 10.1. The SMILES string of the molecule is O=C(Nc1ccc(Nc2ccncn2)cc1)c1cccc(Nc2ccnc3ccc(F)cc23)c1. The topological polar surface area (TPSA) is 91.8 Å². The van der Waals surface area contributed by atoms with Crippen LogP contribution < -0.4 is 16.0 Å². The van der Waals surface area contributed by atoms with Crippen molar-refractivity contribution >= 4 is 45.4 Å². The largest absolute Gasteiger partial charge is 0.355 e. The number of carbonyl (C=O) groups excluding carboxylic acids is 1. The van der Waals surface area contributed by atoms with E-state index in [1.165, 1.54) is 18.5 Å². The van der Waals surface area contributed by atoms with Crippen molar-refractivity contribution in [2.24, 2.45) is 0 Å². The van der Waals surface area contributed by atoms with Crippen LogP contribution in [0.4, 0.5) is 33.0 Å². The summed E-state index contributed by atoms with van der Waals surface area (Å²) in [5, 5.41) is 9.98. The molecule has 0 radical (unpaired) electrons. The number of hydrogen-bond acceptors (Lipinski definition) is 6. The molecule has 0 aliphatic heterocycles. The molecule has 0 saturated carbocycles. The lowest BCUT2D eigenvalue weighted by Crippen LogP contribution is -2.12. The number of pyridine rings is 1. The average molecular weight is 450 g/mol. The van der Waals surface area contributed by atoms with Crippen molar-refractivity contribution in [3.63, 3.8) is 0 Å².